The molecule has 24 heavy (non-hydrogen) atoms. The number of nitrogens with zero attached hydrogens (tertiary/aromatic N) is 3. The van der Waals surface area contributed by atoms with Gasteiger partial charge in [0.15, 0.2) is 5.72 Å². The van der Waals surface area contributed by atoms with Gasteiger partial charge in [0, 0.05) is 0 Å². The first-order valence-corrected chi connectivity index (χ1v) is 8.20. The monoisotopic (exact) mass is 319 g/mol. The smallest absolute Gasteiger partial charge is 0.196 e. The fourth-order valence-corrected chi connectivity index (χ4v) is 3.23. The summed E-state index contributed by atoms with van der Waals surface area (Å²) in [6.45, 7) is 10.3. The lowest BCUT2D eigenvalue weighted by atomic mass is 10.1. The maximum absolute atomic E-state index is 6.11. The van der Waals surface area contributed by atoms with Crippen LogP contribution < -0.4 is 4.74 Å². The van der Waals surface area contributed by atoms with Gasteiger partial charge in [-0.3, -0.25) is 4.57 Å². The minimum Gasteiger partial charge on any atom is -0.466 e. The van der Waals surface area contributed by atoms with Crippen molar-refractivity contribution in [1.82, 2.24) is 9.55 Å². The molecule has 1 aliphatic heterocycles. The molecule has 2 heterocycles. The van der Waals surface area contributed by atoms with E-state index in [1.807, 2.05) is 26.2 Å². The quantitative estimate of drug-likeness (QED) is 0.616. The molecule has 0 N–H and O–H groups in total. The summed E-state index contributed by atoms with van der Waals surface area (Å²) in [5, 5.41) is 0. The second-order valence-electron chi connectivity index (χ2n) is 6.93. The Balaban J connectivity index is 2.01. The molecule has 0 unspecified atom stereocenters. The molecular formula is C20H21N3O. The fourth-order valence-electron chi connectivity index (χ4n) is 3.23. The molecule has 0 radical (unpaired) electrons. The second-order valence-corrected chi connectivity index (χ2v) is 6.93. The van der Waals surface area contributed by atoms with Crippen LogP contribution in [0.2, 0.25) is 0 Å². The predicted molar refractivity (Wildman–Crippen MR) is 97.0 cm³/mol. The van der Waals surface area contributed by atoms with Gasteiger partial charge in [-0.1, -0.05) is 18.2 Å². The van der Waals surface area contributed by atoms with Gasteiger partial charge in [0.1, 0.15) is 17.9 Å². The lowest BCUT2D eigenvalue weighted by Crippen LogP contribution is -2.34. The lowest BCUT2D eigenvalue weighted by molar-refractivity contribution is 0.113. The van der Waals surface area contributed by atoms with Gasteiger partial charge < -0.3 is 4.74 Å². The van der Waals surface area contributed by atoms with Crippen LogP contribution >= 0.6 is 0 Å². The number of ether oxygens (including phenoxy) is 1. The Labute approximate surface area is 141 Å². The molecule has 1 aromatic heterocycles. The number of rotatable bonds is 0. The topological polar surface area (TPSA) is 39.4 Å². The molecule has 122 valence electrons. The van der Waals surface area contributed by atoms with Gasteiger partial charge in [0.05, 0.1) is 16.6 Å². The molecule has 4 nitrogen and oxygen atoms in total. The number of hydrogen-bond acceptors (Lipinski definition) is 3. The number of aromatic nitrogens is 2. The molecule has 4 heteroatoms. The zero-order valence-corrected chi connectivity index (χ0v) is 14.7. The van der Waals surface area contributed by atoms with Crippen molar-refractivity contribution >= 4 is 16.9 Å². The van der Waals surface area contributed by atoms with E-state index in [-0.39, 0.29) is 0 Å². The van der Waals surface area contributed by atoms with Gasteiger partial charge >= 0.3 is 0 Å². The number of benzene rings is 2. The van der Waals surface area contributed by atoms with E-state index in [1.165, 1.54) is 11.1 Å². The van der Waals surface area contributed by atoms with Crippen LogP contribution in [0.3, 0.4) is 0 Å². The molecule has 0 fully saturated rings. The number of imidazole rings is 1. The van der Waals surface area contributed by atoms with E-state index in [4.69, 9.17) is 9.73 Å². The first kappa shape index (κ1) is 14.9. The third-order valence-electron chi connectivity index (χ3n) is 4.65. The van der Waals surface area contributed by atoms with Gasteiger partial charge in [-0.2, -0.15) is 0 Å². The van der Waals surface area contributed by atoms with Gasteiger partial charge in [0.2, 0.25) is 0 Å². The normalized spacial score (nSPS) is 15.8. The van der Waals surface area contributed by atoms with Crippen LogP contribution in [0, 0.1) is 20.8 Å². The van der Waals surface area contributed by atoms with Crippen LogP contribution in [0.4, 0.5) is 0 Å². The van der Waals surface area contributed by atoms with E-state index in [0.29, 0.717) is 0 Å². The molecule has 0 saturated heterocycles. The second kappa shape index (κ2) is 4.94. The average molecular weight is 319 g/mol. The van der Waals surface area contributed by atoms with Gasteiger partial charge in [-0.25, -0.2) is 9.98 Å². The molecule has 0 bridgehead atoms. The number of para-hydroxylation sites is 1. The summed E-state index contributed by atoms with van der Waals surface area (Å²) < 4.78 is 8.19. The van der Waals surface area contributed by atoms with E-state index < -0.39 is 5.72 Å². The van der Waals surface area contributed by atoms with E-state index in [2.05, 4.69) is 54.6 Å². The number of aliphatic imine (C=N–C) groups is 1. The zero-order valence-electron chi connectivity index (χ0n) is 14.7. The molecule has 3 aromatic rings. The highest BCUT2D eigenvalue weighted by Crippen LogP contribution is 2.34. The van der Waals surface area contributed by atoms with Crippen molar-refractivity contribution in [3.05, 3.63) is 58.9 Å². The molecule has 0 saturated carbocycles. The summed E-state index contributed by atoms with van der Waals surface area (Å²) in [4.78, 5) is 9.50. The third kappa shape index (κ3) is 2.13. The first-order valence-electron chi connectivity index (χ1n) is 8.20. The highest BCUT2D eigenvalue weighted by atomic mass is 16.5. The molecule has 4 rings (SSSR count). The largest absolute Gasteiger partial charge is 0.466 e. The highest BCUT2D eigenvalue weighted by Gasteiger charge is 2.30. The molecular weight excluding hydrogens is 298 g/mol. The summed E-state index contributed by atoms with van der Waals surface area (Å²) >= 11 is 0. The van der Waals surface area contributed by atoms with Crippen LogP contribution in [-0.2, 0) is 0 Å². The summed E-state index contributed by atoms with van der Waals surface area (Å²) in [6.07, 6.45) is 1.86. The SMILES string of the molecule is Cc1cccc2c1OC(C)(C)N=C2n1cnc2c(C)c(C)ccc21. The highest BCUT2D eigenvalue weighted by molar-refractivity contribution is 6.07. The van der Waals surface area contributed by atoms with Gasteiger partial charge in [-0.15, -0.1) is 0 Å². The maximum atomic E-state index is 6.11. The van der Waals surface area contributed by atoms with Crippen LogP contribution in [-0.4, -0.2) is 21.1 Å². The average Bonchev–Trinajstić information content (AvgIpc) is 2.95. The van der Waals surface area contributed by atoms with Gasteiger partial charge in [-0.05, 0) is 63.4 Å². The molecule has 0 spiro atoms. The van der Waals surface area contributed by atoms with Crippen molar-refractivity contribution in [2.75, 3.05) is 0 Å². The third-order valence-corrected chi connectivity index (χ3v) is 4.65. The van der Waals surface area contributed by atoms with Crippen molar-refractivity contribution in [2.45, 2.75) is 40.3 Å². The standard InChI is InChI=1S/C20H21N3O/c1-12-9-10-16-17(14(12)3)21-11-23(16)19-15-8-6-7-13(2)18(15)24-20(4,5)22-19/h6-11H,1-5H3. The number of fused-ring (bicyclic) bond motifs is 2. The van der Waals surface area contributed by atoms with Crippen molar-refractivity contribution in [3.8, 4) is 5.75 Å². The van der Waals surface area contributed by atoms with Crippen LogP contribution in [0.5, 0.6) is 5.75 Å². The van der Waals surface area contributed by atoms with E-state index in [0.717, 1.165) is 33.7 Å². The number of aryl methyl sites for hydroxylation is 3. The predicted octanol–water partition coefficient (Wildman–Crippen LogP) is 4.38. The van der Waals surface area contributed by atoms with E-state index in [9.17, 15) is 0 Å². The minimum atomic E-state index is -0.606. The van der Waals surface area contributed by atoms with E-state index in [1.54, 1.807) is 0 Å². The van der Waals surface area contributed by atoms with Gasteiger partial charge in [0.25, 0.3) is 0 Å². The number of hydrogen-bond donors (Lipinski definition) is 0. The Hall–Kier alpha value is -2.62. The lowest BCUT2D eigenvalue weighted by Gasteiger charge is -2.31. The Kier molecular flexibility index (Phi) is 3.07. The Bertz CT molecular complexity index is 996. The van der Waals surface area contributed by atoms with Crippen LogP contribution in [0.1, 0.15) is 36.1 Å². The zero-order chi connectivity index (χ0) is 17.1. The molecule has 0 amide bonds. The fraction of sp³-hybridized carbons (Fsp3) is 0.300. The molecule has 2 aromatic carbocycles. The van der Waals surface area contributed by atoms with Crippen LogP contribution in [0.25, 0.3) is 11.0 Å². The Morgan fingerprint density at radius 2 is 1.79 bits per heavy atom. The molecule has 1 aliphatic rings. The maximum Gasteiger partial charge on any atom is 0.196 e. The molecule has 0 atom stereocenters. The van der Waals surface area contributed by atoms with Crippen molar-refractivity contribution in [2.24, 2.45) is 4.99 Å². The van der Waals surface area contributed by atoms with Crippen molar-refractivity contribution in [1.29, 1.82) is 0 Å². The Morgan fingerprint density at radius 1 is 1.00 bits per heavy atom. The first-order chi connectivity index (χ1) is 11.4. The van der Waals surface area contributed by atoms with Crippen molar-refractivity contribution < 1.29 is 4.74 Å². The summed E-state index contributed by atoms with van der Waals surface area (Å²) in [5.74, 6) is 1.79. The summed E-state index contributed by atoms with van der Waals surface area (Å²) in [7, 11) is 0. The Morgan fingerprint density at radius 3 is 2.58 bits per heavy atom. The summed E-state index contributed by atoms with van der Waals surface area (Å²) in [6, 6.07) is 10.4. The molecule has 0 aliphatic carbocycles. The minimum absolute atomic E-state index is 0.606. The van der Waals surface area contributed by atoms with Crippen LogP contribution in [0.15, 0.2) is 41.7 Å². The van der Waals surface area contributed by atoms with Crippen molar-refractivity contribution in [3.63, 3.8) is 0 Å². The van der Waals surface area contributed by atoms with E-state index >= 15 is 0 Å². The summed E-state index contributed by atoms with van der Waals surface area (Å²) in [5.41, 5.74) is 6.07.